The van der Waals surface area contributed by atoms with Crippen molar-refractivity contribution in [3.8, 4) is 0 Å². The van der Waals surface area contributed by atoms with E-state index in [-0.39, 0.29) is 23.8 Å². The van der Waals surface area contributed by atoms with Crippen molar-refractivity contribution in [2.24, 2.45) is 11.7 Å². The van der Waals surface area contributed by atoms with Crippen LogP contribution in [-0.2, 0) is 16.0 Å². The van der Waals surface area contributed by atoms with E-state index in [1.165, 1.54) is 0 Å². The maximum Gasteiger partial charge on any atom is 0.229 e. The highest BCUT2D eigenvalue weighted by Gasteiger charge is 2.31. The molecule has 2 atom stereocenters. The summed E-state index contributed by atoms with van der Waals surface area (Å²) < 4.78 is 0. The highest BCUT2D eigenvalue weighted by molar-refractivity contribution is 6.34. The number of anilines is 2. The first-order valence-corrected chi connectivity index (χ1v) is 7.11. The molecule has 1 saturated carbocycles. The van der Waals surface area contributed by atoms with E-state index in [9.17, 15) is 9.59 Å². The number of rotatable bonds is 2. The van der Waals surface area contributed by atoms with Gasteiger partial charge in [0.25, 0.3) is 0 Å². The molecule has 2 aliphatic rings. The molecule has 2 unspecified atom stereocenters. The fraction of sp³-hybridized carbons (Fsp3) is 0.429. The zero-order valence-corrected chi connectivity index (χ0v) is 11.7. The van der Waals surface area contributed by atoms with E-state index in [1.54, 1.807) is 12.1 Å². The topological polar surface area (TPSA) is 84.2 Å². The predicted molar refractivity (Wildman–Crippen MR) is 77.7 cm³/mol. The molecule has 0 aromatic heterocycles. The molecular weight excluding hydrogens is 278 g/mol. The molecule has 0 radical (unpaired) electrons. The third-order valence-corrected chi connectivity index (χ3v) is 4.29. The zero-order chi connectivity index (χ0) is 14.3. The summed E-state index contributed by atoms with van der Waals surface area (Å²) in [4.78, 5) is 23.5. The van der Waals surface area contributed by atoms with Crippen molar-refractivity contribution in [3.05, 3.63) is 22.7 Å². The molecule has 1 aliphatic carbocycles. The fourth-order valence-corrected chi connectivity index (χ4v) is 3.09. The molecule has 0 saturated heterocycles. The third-order valence-electron chi connectivity index (χ3n) is 3.98. The summed E-state index contributed by atoms with van der Waals surface area (Å²) >= 11 is 6.15. The highest BCUT2D eigenvalue weighted by Crippen LogP contribution is 2.34. The van der Waals surface area contributed by atoms with Crippen LogP contribution in [0.15, 0.2) is 12.1 Å². The number of carbonyl (C=O) groups excluding carboxylic acids is 2. The summed E-state index contributed by atoms with van der Waals surface area (Å²) in [5.74, 6) is -0.300. The van der Waals surface area contributed by atoms with Crippen molar-refractivity contribution in [2.45, 2.75) is 31.7 Å². The molecule has 1 aromatic carbocycles. The number of halogens is 1. The van der Waals surface area contributed by atoms with Gasteiger partial charge in [-0.05, 0) is 30.5 Å². The quantitative estimate of drug-likeness (QED) is 0.778. The Bertz CT molecular complexity index is 588. The number of benzene rings is 1. The van der Waals surface area contributed by atoms with Gasteiger partial charge in [-0.25, -0.2) is 0 Å². The second-order valence-electron chi connectivity index (χ2n) is 5.40. The lowest BCUT2D eigenvalue weighted by Gasteiger charge is -2.16. The van der Waals surface area contributed by atoms with Crippen molar-refractivity contribution in [3.63, 3.8) is 0 Å². The average molecular weight is 294 g/mol. The Kier molecular flexibility index (Phi) is 3.40. The summed E-state index contributed by atoms with van der Waals surface area (Å²) in [6.07, 6.45) is 3.00. The van der Waals surface area contributed by atoms with Gasteiger partial charge < -0.3 is 16.4 Å². The fourth-order valence-electron chi connectivity index (χ4n) is 2.88. The highest BCUT2D eigenvalue weighted by atomic mass is 35.5. The molecule has 5 nitrogen and oxygen atoms in total. The Morgan fingerprint density at radius 1 is 1.40 bits per heavy atom. The molecule has 1 aliphatic heterocycles. The van der Waals surface area contributed by atoms with Crippen LogP contribution >= 0.6 is 11.6 Å². The first kappa shape index (κ1) is 13.4. The molecule has 4 N–H and O–H groups in total. The Labute approximate surface area is 121 Å². The lowest BCUT2D eigenvalue weighted by Crippen LogP contribution is -2.34. The van der Waals surface area contributed by atoms with Crippen molar-refractivity contribution >= 4 is 34.8 Å². The van der Waals surface area contributed by atoms with E-state index in [0.717, 1.165) is 30.5 Å². The molecule has 20 heavy (non-hydrogen) atoms. The van der Waals surface area contributed by atoms with Crippen LogP contribution in [0.25, 0.3) is 0 Å². The van der Waals surface area contributed by atoms with Crippen LogP contribution in [-0.4, -0.2) is 17.9 Å². The Morgan fingerprint density at radius 3 is 2.90 bits per heavy atom. The van der Waals surface area contributed by atoms with Gasteiger partial charge in [0.15, 0.2) is 0 Å². The van der Waals surface area contributed by atoms with Gasteiger partial charge in [-0.2, -0.15) is 0 Å². The average Bonchev–Trinajstić information content (AvgIpc) is 2.94. The van der Waals surface area contributed by atoms with Gasteiger partial charge in [-0.1, -0.05) is 18.0 Å². The van der Waals surface area contributed by atoms with Gasteiger partial charge in [0.05, 0.1) is 23.0 Å². The zero-order valence-electron chi connectivity index (χ0n) is 10.9. The molecule has 1 fully saturated rings. The number of amides is 2. The van der Waals surface area contributed by atoms with Crippen molar-refractivity contribution in [2.75, 3.05) is 10.6 Å². The molecule has 0 spiro atoms. The number of fused-ring (bicyclic) bond motifs is 1. The lowest BCUT2D eigenvalue weighted by atomic mass is 10.0. The summed E-state index contributed by atoms with van der Waals surface area (Å²) in [7, 11) is 0. The standard InChI is InChI=1S/C14H16ClN3O2/c15-9-6-11-7(5-13(19)17-11)4-12(9)18-14(20)8-2-1-3-10(8)16/h4,6,8,10H,1-3,5,16H2,(H,17,19)(H,18,20). The van der Waals surface area contributed by atoms with E-state index >= 15 is 0 Å². The van der Waals surface area contributed by atoms with Crippen LogP contribution in [0.1, 0.15) is 24.8 Å². The molecular formula is C14H16ClN3O2. The van der Waals surface area contributed by atoms with E-state index < -0.39 is 0 Å². The van der Waals surface area contributed by atoms with Gasteiger partial charge in [-0.3, -0.25) is 9.59 Å². The summed E-state index contributed by atoms with van der Waals surface area (Å²) in [6.45, 7) is 0. The second kappa shape index (κ2) is 5.07. The van der Waals surface area contributed by atoms with Gasteiger partial charge in [-0.15, -0.1) is 0 Å². The summed E-state index contributed by atoms with van der Waals surface area (Å²) in [5.41, 5.74) is 8.05. The van der Waals surface area contributed by atoms with E-state index in [2.05, 4.69) is 10.6 Å². The van der Waals surface area contributed by atoms with Crippen molar-refractivity contribution < 1.29 is 9.59 Å². The maximum absolute atomic E-state index is 12.2. The number of nitrogens with one attached hydrogen (secondary N) is 2. The van der Waals surface area contributed by atoms with Crippen molar-refractivity contribution in [1.29, 1.82) is 0 Å². The van der Waals surface area contributed by atoms with E-state index in [4.69, 9.17) is 17.3 Å². The Balaban J connectivity index is 1.79. The molecule has 1 heterocycles. The molecule has 6 heteroatoms. The second-order valence-corrected chi connectivity index (χ2v) is 5.81. The largest absolute Gasteiger partial charge is 0.327 e. The number of nitrogens with two attached hydrogens (primary N) is 1. The van der Waals surface area contributed by atoms with Gasteiger partial charge in [0, 0.05) is 11.7 Å². The smallest absolute Gasteiger partial charge is 0.229 e. The first-order chi connectivity index (χ1) is 9.54. The first-order valence-electron chi connectivity index (χ1n) is 6.73. The van der Waals surface area contributed by atoms with Gasteiger partial charge in [0.1, 0.15) is 0 Å². The van der Waals surface area contributed by atoms with Crippen LogP contribution in [0.2, 0.25) is 5.02 Å². The van der Waals surface area contributed by atoms with Crippen LogP contribution in [0.4, 0.5) is 11.4 Å². The minimum atomic E-state index is -0.154. The van der Waals surface area contributed by atoms with Gasteiger partial charge >= 0.3 is 0 Å². The number of hydrogen-bond donors (Lipinski definition) is 3. The minimum absolute atomic E-state index is 0.0580. The Hall–Kier alpha value is -1.59. The van der Waals surface area contributed by atoms with Gasteiger partial charge in [0.2, 0.25) is 11.8 Å². The normalized spacial score (nSPS) is 24.4. The minimum Gasteiger partial charge on any atom is -0.327 e. The molecule has 1 aromatic rings. The molecule has 0 bridgehead atoms. The van der Waals surface area contributed by atoms with E-state index in [0.29, 0.717) is 17.1 Å². The maximum atomic E-state index is 12.2. The van der Waals surface area contributed by atoms with Crippen LogP contribution in [0.3, 0.4) is 0 Å². The molecule has 3 rings (SSSR count). The lowest BCUT2D eigenvalue weighted by molar-refractivity contribution is -0.120. The molecule has 2 amide bonds. The summed E-state index contributed by atoms with van der Waals surface area (Å²) in [5, 5.41) is 5.98. The van der Waals surface area contributed by atoms with Crippen LogP contribution in [0.5, 0.6) is 0 Å². The predicted octanol–water partition coefficient (Wildman–Crippen LogP) is 1.90. The Morgan fingerprint density at radius 2 is 2.20 bits per heavy atom. The monoisotopic (exact) mass is 293 g/mol. The number of carbonyl (C=O) groups is 2. The SMILES string of the molecule is NC1CCCC1C(=O)Nc1cc2c(cc1Cl)NC(=O)C2. The van der Waals surface area contributed by atoms with E-state index in [1.807, 2.05) is 0 Å². The summed E-state index contributed by atoms with van der Waals surface area (Å²) in [6, 6.07) is 3.35. The van der Waals surface area contributed by atoms with Crippen LogP contribution < -0.4 is 16.4 Å². The van der Waals surface area contributed by atoms with Crippen molar-refractivity contribution in [1.82, 2.24) is 0 Å². The third kappa shape index (κ3) is 2.39. The number of hydrogen-bond acceptors (Lipinski definition) is 3. The van der Waals surface area contributed by atoms with Crippen LogP contribution in [0, 0.1) is 5.92 Å². The molecule has 106 valence electrons.